The number of hydrogen-bond acceptors (Lipinski definition) is 2. The van der Waals surface area contributed by atoms with E-state index in [1.165, 1.54) is 0 Å². The zero-order valence-corrected chi connectivity index (χ0v) is 8.77. The first kappa shape index (κ1) is 11.2. The number of rotatable bonds is 2. The van der Waals surface area contributed by atoms with Crippen LogP contribution in [-0.4, -0.2) is 18.3 Å². The molecule has 0 bridgehead atoms. The highest BCUT2D eigenvalue weighted by Gasteiger charge is 2.00. The minimum Gasteiger partial charge on any atom is -0.479 e. The van der Waals surface area contributed by atoms with E-state index in [0.29, 0.717) is 15.8 Å². The first-order chi connectivity index (χ1) is 6.74. The van der Waals surface area contributed by atoms with Crippen molar-refractivity contribution in [3.8, 4) is 17.6 Å². The molecular formula is C10H8Cl2O2. The van der Waals surface area contributed by atoms with Crippen molar-refractivity contribution >= 4 is 23.2 Å². The number of benzene rings is 1. The molecule has 14 heavy (non-hydrogen) atoms. The summed E-state index contributed by atoms with van der Waals surface area (Å²) in [5, 5.41) is 9.39. The maximum atomic E-state index is 8.38. The molecule has 0 spiro atoms. The fraction of sp³-hybridized carbons (Fsp3) is 0.200. The maximum absolute atomic E-state index is 8.38. The minimum absolute atomic E-state index is 0.169. The van der Waals surface area contributed by atoms with Crippen LogP contribution < -0.4 is 4.74 Å². The van der Waals surface area contributed by atoms with Crippen molar-refractivity contribution in [2.24, 2.45) is 0 Å². The van der Waals surface area contributed by atoms with Crippen LogP contribution in [0.3, 0.4) is 0 Å². The third-order valence-electron chi connectivity index (χ3n) is 1.40. The summed E-state index contributed by atoms with van der Waals surface area (Å²) in [4.78, 5) is 0. The van der Waals surface area contributed by atoms with E-state index in [0.717, 1.165) is 0 Å². The summed E-state index contributed by atoms with van der Waals surface area (Å²) >= 11 is 11.5. The summed E-state index contributed by atoms with van der Waals surface area (Å²) in [6.07, 6.45) is 0. The molecule has 1 rings (SSSR count). The molecule has 0 aromatic heterocycles. The van der Waals surface area contributed by atoms with Gasteiger partial charge >= 0.3 is 0 Å². The standard InChI is InChI=1S/C10H8Cl2O2/c11-8-3-4-10(9(12)7-8)14-6-2-1-5-13/h3-4,7,13H,5-6H2. The number of aliphatic hydroxyl groups is 1. The Kier molecular flexibility index (Phi) is 4.61. The van der Waals surface area contributed by atoms with E-state index in [-0.39, 0.29) is 13.2 Å². The van der Waals surface area contributed by atoms with Crippen LogP contribution >= 0.6 is 23.2 Å². The Bertz CT molecular complexity index is 366. The highest BCUT2D eigenvalue weighted by Crippen LogP contribution is 2.27. The molecule has 0 amide bonds. The van der Waals surface area contributed by atoms with Crippen molar-refractivity contribution in [3.05, 3.63) is 28.2 Å². The van der Waals surface area contributed by atoms with Gasteiger partial charge in [0.25, 0.3) is 0 Å². The first-order valence-corrected chi connectivity index (χ1v) is 4.64. The molecule has 0 aliphatic rings. The van der Waals surface area contributed by atoms with Crippen LogP contribution in [0, 0.1) is 11.8 Å². The van der Waals surface area contributed by atoms with Crippen LogP contribution in [-0.2, 0) is 0 Å². The molecule has 0 saturated carbocycles. The predicted molar refractivity (Wildman–Crippen MR) is 56.8 cm³/mol. The van der Waals surface area contributed by atoms with E-state index in [1.54, 1.807) is 18.2 Å². The summed E-state index contributed by atoms with van der Waals surface area (Å²) in [5.41, 5.74) is 0. The van der Waals surface area contributed by atoms with Crippen molar-refractivity contribution < 1.29 is 9.84 Å². The average Bonchev–Trinajstić information content (AvgIpc) is 2.15. The highest BCUT2D eigenvalue weighted by atomic mass is 35.5. The molecule has 0 radical (unpaired) electrons. The van der Waals surface area contributed by atoms with Gasteiger partial charge in [-0.25, -0.2) is 0 Å². The fourth-order valence-corrected chi connectivity index (χ4v) is 1.28. The van der Waals surface area contributed by atoms with Gasteiger partial charge in [-0.1, -0.05) is 35.0 Å². The molecule has 0 fully saturated rings. The van der Waals surface area contributed by atoms with Crippen molar-refractivity contribution in [2.45, 2.75) is 0 Å². The maximum Gasteiger partial charge on any atom is 0.149 e. The zero-order chi connectivity index (χ0) is 10.4. The van der Waals surface area contributed by atoms with E-state index in [9.17, 15) is 0 Å². The second-order valence-corrected chi connectivity index (χ2v) is 3.22. The Morgan fingerprint density at radius 3 is 2.71 bits per heavy atom. The lowest BCUT2D eigenvalue weighted by atomic mass is 10.3. The molecule has 0 saturated heterocycles. The Labute approximate surface area is 92.4 Å². The van der Waals surface area contributed by atoms with Gasteiger partial charge < -0.3 is 9.84 Å². The van der Waals surface area contributed by atoms with E-state index in [1.807, 2.05) is 0 Å². The van der Waals surface area contributed by atoms with Crippen LogP contribution in [0.4, 0.5) is 0 Å². The largest absolute Gasteiger partial charge is 0.479 e. The molecule has 0 heterocycles. The summed E-state index contributed by atoms with van der Waals surface area (Å²) in [7, 11) is 0. The molecule has 2 nitrogen and oxygen atoms in total. The van der Waals surface area contributed by atoms with Crippen LogP contribution in [0.15, 0.2) is 18.2 Å². The predicted octanol–water partition coefficient (Wildman–Crippen LogP) is 2.37. The summed E-state index contributed by atoms with van der Waals surface area (Å²) in [6, 6.07) is 4.95. The summed E-state index contributed by atoms with van der Waals surface area (Å²) in [6.45, 7) is 0.0274. The van der Waals surface area contributed by atoms with Gasteiger partial charge in [-0.3, -0.25) is 0 Å². The summed E-state index contributed by atoms with van der Waals surface area (Å²) in [5.74, 6) is 5.60. The highest BCUT2D eigenvalue weighted by molar-refractivity contribution is 6.35. The van der Waals surface area contributed by atoms with Crippen molar-refractivity contribution in [2.75, 3.05) is 13.2 Å². The van der Waals surface area contributed by atoms with E-state index < -0.39 is 0 Å². The van der Waals surface area contributed by atoms with Crippen LogP contribution in [0.5, 0.6) is 5.75 Å². The monoisotopic (exact) mass is 230 g/mol. The molecule has 1 N–H and O–H groups in total. The Morgan fingerprint density at radius 2 is 2.07 bits per heavy atom. The molecule has 1 aromatic carbocycles. The lowest BCUT2D eigenvalue weighted by molar-refractivity contribution is 0.347. The van der Waals surface area contributed by atoms with Gasteiger partial charge in [0.2, 0.25) is 0 Å². The summed E-state index contributed by atoms with van der Waals surface area (Å²) < 4.78 is 5.22. The third-order valence-corrected chi connectivity index (χ3v) is 1.93. The van der Waals surface area contributed by atoms with Gasteiger partial charge in [-0.15, -0.1) is 0 Å². The van der Waals surface area contributed by atoms with Gasteiger partial charge in [0.1, 0.15) is 19.0 Å². The molecule has 0 atom stereocenters. The van der Waals surface area contributed by atoms with E-state index in [4.69, 9.17) is 33.0 Å². The third kappa shape index (κ3) is 3.47. The smallest absolute Gasteiger partial charge is 0.149 e. The number of ether oxygens (including phenoxy) is 1. The van der Waals surface area contributed by atoms with E-state index in [2.05, 4.69) is 11.8 Å². The minimum atomic E-state index is -0.169. The average molecular weight is 231 g/mol. The topological polar surface area (TPSA) is 29.5 Å². The van der Waals surface area contributed by atoms with Gasteiger partial charge in [0.15, 0.2) is 0 Å². The normalized spacial score (nSPS) is 9.07. The zero-order valence-electron chi connectivity index (χ0n) is 7.26. The Balaban J connectivity index is 2.59. The quantitative estimate of drug-likeness (QED) is 0.791. The number of aliphatic hydroxyl groups excluding tert-OH is 1. The molecule has 4 heteroatoms. The number of halogens is 2. The van der Waals surface area contributed by atoms with Crippen molar-refractivity contribution in [3.63, 3.8) is 0 Å². The molecule has 0 aliphatic carbocycles. The molecule has 1 aromatic rings. The fourth-order valence-electron chi connectivity index (χ4n) is 0.813. The van der Waals surface area contributed by atoms with Crippen molar-refractivity contribution in [1.82, 2.24) is 0 Å². The van der Waals surface area contributed by atoms with Gasteiger partial charge in [0.05, 0.1) is 5.02 Å². The molecule has 0 aliphatic heterocycles. The van der Waals surface area contributed by atoms with Crippen LogP contribution in [0.2, 0.25) is 10.0 Å². The SMILES string of the molecule is OCC#CCOc1ccc(Cl)cc1Cl. The molecule has 74 valence electrons. The van der Waals surface area contributed by atoms with Gasteiger partial charge in [-0.2, -0.15) is 0 Å². The Morgan fingerprint density at radius 1 is 1.29 bits per heavy atom. The second-order valence-electron chi connectivity index (χ2n) is 2.38. The van der Waals surface area contributed by atoms with Crippen LogP contribution in [0.25, 0.3) is 0 Å². The second kappa shape index (κ2) is 5.77. The van der Waals surface area contributed by atoms with Crippen LogP contribution in [0.1, 0.15) is 0 Å². The van der Waals surface area contributed by atoms with E-state index >= 15 is 0 Å². The van der Waals surface area contributed by atoms with Gasteiger partial charge in [0, 0.05) is 5.02 Å². The Hall–Kier alpha value is -0.880. The molecular weight excluding hydrogens is 223 g/mol. The lowest BCUT2D eigenvalue weighted by Crippen LogP contribution is -1.94. The number of hydrogen-bond donors (Lipinski definition) is 1. The molecule has 0 unspecified atom stereocenters. The lowest BCUT2D eigenvalue weighted by Gasteiger charge is -2.03. The van der Waals surface area contributed by atoms with Crippen molar-refractivity contribution in [1.29, 1.82) is 0 Å². The van der Waals surface area contributed by atoms with Gasteiger partial charge in [-0.05, 0) is 18.2 Å². The first-order valence-electron chi connectivity index (χ1n) is 3.88.